The second-order valence-electron chi connectivity index (χ2n) is 5.04. The van der Waals surface area contributed by atoms with Gasteiger partial charge in [-0.3, -0.25) is 0 Å². The summed E-state index contributed by atoms with van der Waals surface area (Å²) >= 11 is 0. The fourth-order valence-corrected chi connectivity index (χ4v) is 2.07. The first kappa shape index (κ1) is 14.8. The molecule has 2 N–H and O–H groups in total. The predicted octanol–water partition coefficient (Wildman–Crippen LogP) is 3.37. The minimum absolute atomic E-state index is 0.164. The van der Waals surface area contributed by atoms with E-state index in [0.29, 0.717) is 11.8 Å². The van der Waals surface area contributed by atoms with E-state index in [1.807, 2.05) is 61.5 Å². The van der Waals surface area contributed by atoms with E-state index in [-0.39, 0.29) is 12.6 Å². The molecule has 0 atom stereocenters. The van der Waals surface area contributed by atoms with Crippen LogP contribution >= 0.6 is 0 Å². The number of rotatable bonds is 4. The summed E-state index contributed by atoms with van der Waals surface area (Å²) < 4.78 is 5.56. The number of carbonyl (C=O) groups excluding carboxylic acids is 1. The Morgan fingerprint density at radius 3 is 2.70 bits per heavy atom. The molecule has 6 nitrogen and oxygen atoms in total. The van der Waals surface area contributed by atoms with Gasteiger partial charge in [0.15, 0.2) is 0 Å². The Bertz CT molecular complexity index is 799. The van der Waals surface area contributed by atoms with Crippen LogP contribution in [0.3, 0.4) is 0 Å². The molecule has 23 heavy (non-hydrogen) atoms. The molecule has 2 amide bonds. The van der Waals surface area contributed by atoms with Gasteiger partial charge in [0, 0.05) is 11.3 Å². The third kappa shape index (κ3) is 3.94. The van der Waals surface area contributed by atoms with Gasteiger partial charge in [-0.1, -0.05) is 35.9 Å². The van der Waals surface area contributed by atoms with Gasteiger partial charge in [-0.15, -0.1) is 10.2 Å². The molecule has 3 rings (SSSR count). The number of carbonyl (C=O) groups is 1. The quantitative estimate of drug-likeness (QED) is 0.774. The second-order valence-corrected chi connectivity index (χ2v) is 5.04. The normalized spacial score (nSPS) is 10.3. The number of nitrogens with one attached hydrogen (secondary N) is 2. The van der Waals surface area contributed by atoms with Crippen LogP contribution in [-0.2, 0) is 6.54 Å². The summed E-state index contributed by atoms with van der Waals surface area (Å²) in [7, 11) is 0. The van der Waals surface area contributed by atoms with Gasteiger partial charge >= 0.3 is 6.03 Å². The van der Waals surface area contributed by atoms with Crippen LogP contribution in [0.15, 0.2) is 59.0 Å². The third-order valence-electron chi connectivity index (χ3n) is 3.16. The van der Waals surface area contributed by atoms with Gasteiger partial charge in [0.25, 0.3) is 0 Å². The first-order valence-corrected chi connectivity index (χ1v) is 7.20. The Labute approximate surface area is 133 Å². The van der Waals surface area contributed by atoms with Crippen LogP contribution in [0.4, 0.5) is 10.5 Å². The molecule has 0 aliphatic heterocycles. The van der Waals surface area contributed by atoms with Crippen LogP contribution in [0.5, 0.6) is 0 Å². The fourth-order valence-electron chi connectivity index (χ4n) is 2.07. The third-order valence-corrected chi connectivity index (χ3v) is 3.16. The van der Waals surface area contributed by atoms with Gasteiger partial charge in [-0.2, -0.15) is 0 Å². The van der Waals surface area contributed by atoms with E-state index < -0.39 is 0 Å². The Morgan fingerprint density at radius 1 is 1.09 bits per heavy atom. The molecule has 0 aliphatic rings. The van der Waals surface area contributed by atoms with Gasteiger partial charge in [0.1, 0.15) is 0 Å². The fraction of sp³-hybridized carbons (Fsp3) is 0.118. The maximum Gasteiger partial charge on any atom is 0.319 e. The molecule has 2 aromatic carbocycles. The minimum atomic E-state index is -0.327. The van der Waals surface area contributed by atoms with Crippen molar-refractivity contribution in [2.24, 2.45) is 0 Å². The number of nitrogens with zero attached hydrogens (tertiary/aromatic N) is 2. The molecule has 3 aromatic rings. The summed E-state index contributed by atoms with van der Waals surface area (Å²) in [6.45, 7) is 2.16. The van der Waals surface area contributed by atoms with Crippen LogP contribution < -0.4 is 10.6 Å². The number of benzene rings is 2. The lowest BCUT2D eigenvalue weighted by molar-refractivity contribution is 0.250. The number of hydrogen-bond donors (Lipinski definition) is 2. The Hall–Kier alpha value is -3.15. The van der Waals surface area contributed by atoms with Crippen molar-refractivity contribution >= 4 is 11.7 Å². The van der Waals surface area contributed by atoms with Crippen LogP contribution in [-0.4, -0.2) is 16.2 Å². The van der Waals surface area contributed by atoms with E-state index in [2.05, 4.69) is 20.8 Å². The number of amides is 2. The van der Waals surface area contributed by atoms with Crippen molar-refractivity contribution in [1.29, 1.82) is 0 Å². The van der Waals surface area contributed by atoms with Gasteiger partial charge in [0.2, 0.25) is 11.8 Å². The van der Waals surface area contributed by atoms with E-state index in [1.165, 1.54) is 0 Å². The molecule has 0 aliphatic carbocycles. The Kier molecular flexibility index (Phi) is 4.33. The van der Waals surface area contributed by atoms with Crippen molar-refractivity contribution in [3.8, 4) is 11.5 Å². The number of anilines is 1. The maximum atomic E-state index is 11.8. The summed E-state index contributed by atoms with van der Waals surface area (Å²) in [5.41, 5.74) is 2.69. The number of para-hydroxylation sites is 1. The van der Waals surface area contributed by atoms with Gasteiger partial charge in [-0.05, 0) is 31.2 Å². The number of aryl methyl sites for hydroxylation is 1. The smallest absolute Gasteiger partial charge is 0.319 e. The molecule has 0 saturated heterocycles. The first-order chi connectivity index (χ1) is 11.2. The minimum Gasteiger partial charge on any atom is -0.419 e. The number of urea groups is 1. The first-order valence-electron chi connectivity index (χ1n) is 7.20. The highest BCUT2D eigenvalue weighted by molar-refractivity contribution is 5.89. The van der Waals surface area contributed by atoms with E-state index in [4.69, 9.17) is 4.42 Å². The molecule has 1 heterocycles. The average Bonchev–Trinajstić information content (AvgIpc) is 3.03. The largest absolute Gasteiger partial charge is 0.419 e. The van der Waals surface area contributed by atoms with Crippen molar-refractivity contribution in [1.82, 2.24) is 15.5 Å². The van der Waals surface area contributed by atoms with E-state index in [1.54, 1.807) is 0 Å². The van der Waals surface area contributed by atoms with Crippen molar-refractivity contribution < 1.29 is 9.21 Å². The molecule has 6 heteroatoms. The highest BCUT2D eigenvalue weighted by Crippen LogP contribution is 2.18. The predicted molar refractivity (Wildman–Crippen MR) is 86.8 cm³/mol. The summed E-state index contributed by atoms with van der Waals surface area (Å²) in [4.78, 5) is 11.8. The lowest BCUT2D eigenvalue weighted by Crippen LogP contribution is -2.28. The van der Waals surface area contributed by atoms with Crippen molar-refractivity contribution in [3.63, 3.8) is 0 Å². The second kappa shape index (κ2) is 6.74. The molecule has 0 saturated carbocycles. The maximum absolute atomic E-state index is 11.8. The lowest BCUT2D eigenvalue weighted by Gasteiger charge is -2.05. The molecule has 0 bridgehead atoms. The molecule has 0 fully saturated rings. The standard InChI is InChI=1S/C17H16N4O2/c1-12-6-5-7-13(10-12)16-21-20-15(23-16)11-18-17(22)19-14-8-3-2-4-9-14/h2-10H,11H2,1H3,(H2,18,19,22). The van der Waals surface area contributed by atoms with Crippen LogP contribution in [0.1, 0.15) is 11.5 Å². The summed E-state index contributed by atoms with van der Waals surface area (Å²) in [5.74, 6) is 0.790. The zero-order valence-corrected chi connectivity index (χ0v) is 12.6. The van der Waals surface area contributed by atoms with Gasteiger partial charge in [-0.25, -0.2) is 4.79 Å². The monoisotopic (exact) mass is 308 g/mol. The van der Waals surface area contributed by atoms with Crippen LogP contribution in [0.25, 0.3) is 11.5 Å². The zero-order valence-electron chi connectivity index (χ0n) is 12.6. The summed E-state index contributed by atoms with van der Waals surface area (Å²) in [5, 5.41) is 13.3. The van der Waals surface area contributed by atoms with Gasteiger partial charge in [0.05, 0.1) is 6.54 Å². The zero-order chi connectivity index (χ0) is 16.1. The van der Waals surface area contributed by atoms with E-state index in [9.17, 15) is 4.79 Å². The van der Waals surface area contributed by atoms with Gasteiger partial charge < -0.3 is 15.1 Å². The molecular formula is C17H16N4O2. The molecular weight excluding hydrogens is 292 g/mol. The summed E-state index contributed by atoms with van der Waals surface area (Å²) in [6, 6.07) is 16.7. The summed E-state index contributed by atoms with van der Waals surface area (Å²) in [6.07, 6.45) is 0. The Morgan fingerprint density at radius 2 is 1.91 bits per heavy atom. The molecule has 0 radical (unpaired) electrons. The van der Waals surface area contributed by atoms with E-state index in [0.717, 1.165) is 16.8 Å². The van der Waals surface area contributed by atoms with Crippen molar-refractivity contribution in [2.75, 3.05) is 5.32 Å². The lowest BCUT2D eigenvalue weighted by atomic mass is 10.1. The van der Waals surface area contributed by atoms with Crippen LogP contribution in [0, 0.1) is 6.92 Å². The number of hydrogen-bond acceptors (Lipinski definition) is 4. The SMILES string of the molecule is Cc1cccc(-c2nnc(CNC(=O)Nc3ccccc3)o2)c1. The highest BCUT2D eigenvalue weighted by Gasteiger charge is 2.09. The van der Waals surface area contributed by atoms with Crippen LogP contribution in [0.2, 0.25) is 0 Å². The topological polar surface area (TPSA) is 80.0 Å². The highest BCUT2D eigenvalue weighted by atomic mass is 16.4. The number of aromatic nitrogens is 2. The molecule has 0 unspecified atom stereocenters. The average molecular weight is 308 g/mol. The van der Waals surface area contributed by atoms with E-state index >= 15 is 0 Å². The van der Waals surface area contributed by atoms with Crippen molar-refractivity contribution in [3.05, 3.63) is 66.1 Å². The molecule has 1 aromatic heterocycles. The molecule has 116 valence electrons. The Balaban J connectivity index is 1.58. The molecule has 0 spiro atoms. The van der Waals surface area contributed by atoms with Crippen molar-refractivity contribution in [2.45, 2.75) is 13.5 Å².